The number of aromatic nitrogens is 4. The van der Waals surface area contributed by atoms with Crippen LogP contribution >= 0.6 is 0 Å². The zero-order chi connectivity index (χ0) is 14.0. The van der Waals surface area contributed by atoms with E-state index in [1.807, 2.05) is 6.92 Å². The molecular formula is C10H13F3N6. The van der Waals surface area contributed by atoms with E-state index in [1.54, 1.807) is 13.1 Å². The van der Waals surface area contributed by atoms with Crippen molar-refractivity contribution in [3.05, 3.63) is 18.0 Å². The zero-order valence-electron chi connectivity index (χ0n) is 10.4. The van der Waals surface area contributed by atoms with Crippen LogP contribution in [-0.2, 0) is 6.18 Å². The van der Waals surface area contributed by atoms with Gasteiger partial charge in [0.15, 0.2) is 5.65 Å². The van der Waals surface area contributed by atoms with Gasteiger partial charge in [-0.2, -0.15) is 17.7 Å². The molecule has 0 fully saturated rings. The van der Waals surface area contributed by atoms with Gasteiger partial charge in [0.05, 0.1) is 0 Å². The molecule has 19 heavy (non-hydrogen) atoms. The lowest BCUT2D eigenvalue weighted by Gasteiger charge is -2.12. The first kappa shape index (κ1) is 13.5. The van der Waals surface area contributed by atoms with Crippen LogP contribution in [0.5, 0.6) is 0 Å². The van der Waals surface area contributed by atoms with Crippen LogP contribution in [0.2, 0.25) is 0 Å². The fraction of sp³-hybridized carbons (Fsp3) is 0.500. The van der Waals surface area contributed by atoms with Crippen molar-refractivity contribution in [1.82, 2.24) is 25.1 Å². The third-order valence-electron chi connectivity index (χ3n) is 2.60. The maximum atomic E-state index is 12.7. The van der Waals surface area contributed by atoms with Crippen molar-refractivity contribution >= 4 is 11.5 Å². The molecule has 1 unspecified atom stereocenters. The summed E-state index contributed by atoms with van der Waals surface area (Å²) < 4.78 is 38.7. The van der Waals surface area contributed by atoms with Crippen molar-refractivity contribution in [1.29, 1.82) is 0 Å². The van der Waals surface area contributed by atoms with Gasteiger partial charge in [-0.25, -0.2) is 0 Å². The highest BCUT2D eigenvalue weighted by molar-refractivity contribution is 5.44. The van der Waals surface area contributed by atoms with Gasteiger partial charge in [-0.1, -0.05) is 0 Å². The summed E-state index contributed by atoms with van der Waals surface area (Å²) in [7, 11) is 1.80. The largest absolute Gasteiger partial charge is 0.453 e. The number of likely N-dealkylation sites (N-methyl/N-ethyl adjacent to an activating group) is 1. The highest BCUT2D eigenvalue weighted by Crippen LogP contribution is 2.27. The molecule has 0 saturated carbocycles. The Balaban J connectivity index is 2.28. The number of hydrogen-bond donors (Lipinski definition) is 2. The fourth-order valence-corrected chi connectivity index (χ4v) is 1.42. The van der Waals surface area contributed by atoms with Gasteiger partial charge in [0.1, 0.15) is 5.82 Å². The van der Waals surface area contributed by atoms with Gasteiger partial charge >= 0.3 is 6.18 Å². The Morgan fingerprint density at radius 1 is 1.32 bits per heavy atom. The van der Waals surface area contributed by atoms with Crippen molar-refractivity contribution < 1.29 is 13.2 Å². The summed E-state index contributed by atoms with van der Waals surface area (Å²) in [6, 6.07) is 3.16. The molecule has 6 nitrogen and oxygen atoms in total. The lowest BCUT2D eigenvalue weighted by Crippen LogP contribution is -2.29. The first-order valence-electron chi connectivity index (χ1n) is 5.62. The third-order valence-corrected chi connectivity index (χ3v) is 2.60. The van der Waals surface area contributed by atoms with E-state index < -0.39 is 12.0 Å². The van der Waals surface area contributed by atoms with Crippen molar-refractivity contribution in [2.24, 2.45) is 0 Å². The van der Waals surface area contributed by atoms with Crippen molar-refractivity contribution in [2.45, 2.75) is 19.1 Å². The minimum absolute atomic E-state index is 0.0551. The van der Waals surface area contributed by atoms with E-state index in [4.69, 9.17) is 0 Å². The van der Waals surface area contributed by atoms with E-state index in [0.29, 0.717) is 16.9 Å². The zero-order valence-corrected chi connectivity index (χ0v) is 10.4. The molecule has 1 atom stereocenters. The molecule has 0 saturated heterocycles. The lowest BCUT2D eigenvalue weighted by atomic mass is 10.3. The Morgan fingerprint density at radius 2 is 2.05 bits per heavy atom. The number of nitrogens with zero attached hydrogens (tertiary/aromatic N) is 4. The maximum absolute atomic E-state index is 12.7. The van der Waals surface area contributed by atoms with Crippen LogP contribution in [0.4, 0.5) is 19.0 Å². The van der Waals surface area contributed by atoms with Crippen molar-refractivity contribution in [3.63, 3.8) is 0 Å². The first-order chi connectivity index (χ1) is 8.91. The molecule has 9 heteroatoms. The third kappa shape index (κ3) is 2.92. The number of alkyl halides is 3. The maximum Gasteiger partial charge on any atom is 0.453 e. The number of rotatable bonds is 4. The normalized spacial score (nSPS) is 13.7. The molecule has 2 rings (SSSR count). The molecule has 0 aromatic carbocycles. The molecule has 0 bridgehead atoms. The van der Waals surface area contributed by atoms with Gasteiger partial charge in [-0.15, -0.1) is 15.3 Å². The summed E-state index contributed by atoms with van der Waals surface area (Å²) in [6.45, 7) is 2.48. The van der Waals surface area contributed by atoms with Crippen molar-refractivity contribution in [2.75, 3.05) is 18.9 Å². The number of halogens is 3. The highest BCUT2D eigenvalue weighted by atomic mass is 19.4. The molecule has 2 heterocycles. The second-order valence-electron chi connectivity index (χ2n) is 4.08. The monoisotopic (exact) mass is 274 g/mol. The van der Waals surface area contributed by atoms with Gasteiger partial charge in [-0.3, -0.25) is 0 Å². The van der Waals surface area contributed by atoms with Crippen molar-refractivity contribution in [3.8, 4) is 0 Å². The molecule has 0 aliphatic heterocycles. The van der Waals surface area contributed by atoms with Gasteiger partial charge in [0, 0.05) is 12.6 Å². The Morgan fingerprint density at radius 3 is 2.68 bits per heavy atom. The molecule has 0 aliphatic rings. The van der Waals surface area contributed by atoms with E-state index in [0.717, 1.165) is 0 Å². The van der Waals surface area contributed by atoms with Crippen LogP contribution in [0.3, 0.4) is 0 Å². The summed E-state index contributed by atoms with van der Waals surface area (Å²) in [6.07, 6.45) is -4.58. The number of hydrogen-bond acceptors (Lipinski definition) is 5. The summed E-state index contributed by atoms with van der Waals surface area (Å²) in [5.74, 6) is -0.798. The minimum Gasteiger partial charge on any atom is -0.367 e. The molecule has 2 aromatic rings. The predicted octanol–water partition coefficient (Wildman–Crippen LogP) is 1.16. The van der Waals surface area contributed by atoms with E-state index in [-0.39, 0.29) is 11.7 Å². The highest BCUT2D eigenvalue weighted by Gasteiger charge is 2.37. The van der Waals surface area contributed by atoms with Crippen LogP contribution in [0.25, 0.3) is 5.65 Å². The number of fused-ring (bicyclic) bond motifs is 1. The van der Waals surface area contributed by atoms with Gasteiger partial charge < -0.3 is 10.6 Å². The van der Waals surface area contributed by atoms with E-state index in [9.17, 15) is 13.2 Å². The summed E-state index contributed by atoms with van der Waals surface area (Å²) in [5.41, 5.74) is 0.0551. The number of nitrogens with one attached hydrogen (secondary N) is 2. The standard InChI is InChI=1S/C10H13F3N6/c1-6(14-2)5-15-7-3-4-8-16-17-9(10(11,12)13)19(8)18-7/h3-4,6,14H,5H2,1-2H3,(H,15,18). The quantitative estimate of drug-likeness (QED) is 0.876. The Labute approximate surface area is 107 Å². The Bertz CT molecular complexity index is 564. The fourth-order valence-electron chi connectivity index (χ4n) is 1.42. The summed E-state index contributed by atoms with van der Waals surface area (Å²) >= 11 is 0. The molecule has 0 radical (unpaired) electrons. The van der Waals surface area contributed by atoms with E-state index in [1.165, 1.54) is 6.07 Å². The van der Waals surface area contributed by atoms with E-state index in [2.05, 4.69) is 25.9 Å². The second kappa shape index (κ2) is 5.00. The molecule has 2 N–H and O–H groups in total. The molecule has 0 amide bonds. The molecule has 2 aromatic heterocycles. The van der Waals surface area contributed by atoms with Crippen LogP contribution in [0.15, 0.2) is 12.1 Å². The smallest absolute Gasteiger partial charge is 0.367 e. The minimum atomic E-state index is -4.58. The van der Waals surface area contributed by atoms with Gasteiger partial charge in [0.2, 0.25) is 0 Å². The number of anilines is 1. The second-order valence-corrected chi connectivity index (χ2v) is 4.08. The van der Waals surface area contributed by atoms with Gasteiger partial charge in [0.25, 0.3) is 5.82 Å². The van der Waals surface area contributed by atoms with E-state index >= 15 is 0 Å². The first-order valence-corrected chi connectivity index (χ1v) is 5.62. The predicted molar refractivity (Wildman–Crippen MR) is 62.8 cm³/mol. The van der Waals surface area contributed by atoms with Gasteiger partial charge in [-0.05, 0) is 26.1 Å². The lowest BCUT2D eigenvalue weighted by molar-refractivity contribution is -0.146. The van der Waals surface area contributed by atoms with Crippen LogP contribution in [0.1, 0.15) is 12.7 Å². The van der Waals surface area contributed by atoms with Crippen LogP contribution < -0.4 is 10.6 Å². The topological polar surface area (TPSA) is 67.1 Å². The molecule has 104 valence electrons. The molecule has 0 spiro atoms. The SMILES string of the molecule is CNC(C)CNc1ccc2nnc(C(F)(F)F)n2n1. The Kier molecular flexibility index (Phi) is 3.56. The average molecular weight is 274 g/mol. The summed E-state index contributed by atoms with van der Waals surface area (Å²) in [5, 5.41) is 16.3. The van der Waals surface area contributed by atoms with Crippen LogP contribution in [0, 0.1) is 0 Å². The molecular weight excluding hydrogens is 261 g/mol. The molecule has 0 aliphatic carbocycles. The Hall–Kier alpha value is -1.90. The average Bonchev–Trinajstić information content (AvgIpc) is 2.78. The summed E-state index contributed by atoms with van der Waals surface area (Å²) in [4.78, 5) is 0. The van der Waals surface area contributed by atoms with Crippen LogP contribution in [-0.4, -0.2) is 39.4 Å².